The standard InChI is InChI=1S/C11H12FNO3/c1-16-10(15)6-9(14)11(13)7-2-4-8(12)5-3-7/h2-5,11H,6,13H2,1H3. The van der Waals surface area contributed by atoms with Gasteiger partial charge < -0.3 is 10.5 Å². The first-order valence-electron chi connectivity index (χ1n) is 4.65. The van der Waals surface area contributed by atoms with Crippen LogP contribution < -0.4 is 5.73 Å². The van der Waals surface area contributed by atoms with E-state index in [0.717, 1.165) is 0 Å². The van der Waals surface area contributed by atoms with Gasteiger partial charge in [0, 0.05) is 0 Å². The summed E-state index contributed by atoms with van der Waals surface area (Å²) >= 11 is 0. The summed E-state index contributed by atoms with van der Waals surface area (Å²) in [5.41, 5.74) is 6.08. The molecule has 0 amide bonds. The molecule has 0 bridgehead atoms. The second-order valence-corrected chi connectivity index (χ2v) is 3.25. The fourth-order valence-electron chi connectivity index (χ4n) is 1.18. The van der Waals surface area contributed by atoms with Crippen molar-refractivity contribution in [2.75, 3.05) is 7.11 Å². The molecule has 0 fully saturated rings. The third-order valence-corrected chi connectivity index (χ3v) is 2.12. The van der Waals surface area contributed by atoms with Gasteiger partial charge in [0.15, 0.2) is 5.78 Å². The van der Waals surface area contributed by atoms with Crippen molar-refractivity contribution in [2.24, 2.45) is 5.73 Å². The summed E-state index contributed by atoms with van der Waals surface area (Å²) in [4.78, 5) is 22.3. The van der Waals surface area contributed by atoms with Crippen LogP contribution in [0.3, 0.4) is 0 Å². The Hall–Kier alpha value is -1.75. The Kier molecular flexibility index (Phi) is 4.13. The first-order chi connectivity index (χ1) is 7.54. The van der Waals surface area contributed by atoms with Crippen LogP contribution in [-0.4, -0.2) is 18.9 Å². The molecule has 2 N–H and O–H groups in total. The molecule has 86 valence electrons. The van der Waals surface area contributed by atoms with Crippen molar-refractivity contribution in [3.63, 3.8) is 0 Å². The number of halogens is 1. The van der Waals surface area contributed by atoms with E-state index in [1.54, 1.807) is 0 Å². The maximum Gasteiger partial charge on any atom is 0.313 e. The van der Waals surface area contributed by atoms with Crippen molar-refractivity contribution in [1.29, 1.82) is 0 Å². The van der Waals surface area contributed by atoms with E-state index in [2.05, 4.69) is 4.74 Å². The predicted octanol–water partition coefficient (Wildman–Crippen LogP) is 0.958. The summed E-state index contributed by atoms with van der Waals surface area (Å²) in [6.45, 7) is 0. The summed E-state index contributed by atoms with van der Waals surface area (Å²) < 4.78 is 17.0. The van der Waals surface area contributed by atoms with E-state index < -0.39 is 23.6 Å². The number of esters is 1. The molecular formula is C11H12FNO3. The highest BCUT2D eigenvalue weighted by molar-refractivity contribution is 5.98. The Morgan fingerprint density at radius 1 is 1.38 bits per heavy atom. The van der Waals surface area contributed by atoms with Gasteiger partial charge in [-0.15, -0.1) is 0 Å². The number of Topliss-reactive ketones (excluding diaryl/α,β-unsaturated/α-hetero) is 1. The van der Waals surface area contributed by atoms with Crippen molar-refractivity contribution in [3.8, 4) is 0 Å². The number of benzene rings is 1. The Bertz CT molecular complexity index is 389. The van der Waals surface area contributed by atoms with Gasteiger partial charge in [0.2, 0.25) is 0 Å². The third kappa shape index (κ3) is 3.13. The van der Waals surface area contributed by atoms with Gasteiger partial charge in [0.25, 0.3) is 0 Å². The number of rotatable bonds is 4. The zero-order chi connectivity index (χ0) is 12.1. The Balaban J connectivity index is 2.70. The number of carbonyl (C=O) groups is 2. The molecule has 5 heteroatoms. The second-order valence-electron chi connectivity index (χ2n) is 3.25. The normalized spacial score (nSPS) is 11.9. The van der Waals surface area contributed by atoms with Gasteiger partial charge in [0.1, 0.15) is 12.2 Å². The molecule has 0 aliphatic rings. The zero-order valence-corrected chi connectivity index (χ0v) is 8.77. The summed E-state index contributed by atoms with van der Waals surface area (Å²) in [6.07, 6.45) is -0.380. The maximum atomic E-state index is 12.6. The number of ether oxygens (including phenoxy) is 1. The minimum atomic E-state index is -0.931. The third-order valence-electron chi connectivity index (χ3n) is 2.12. The number of hydrogen-bond acceptors (Lipinski definition) is 4. The molecule has 0 saturated heterocycles. The Morgan fingerprint density at radius 3 is 2.44 bits per heavy atom. The van der Waals surface area contributed by atoms with Crippen molar-refractivity contribution in [2.45, 2.75) is 12.5 Å². The zero-order valence-electron chi connectivity index (χ0n) is 8.77. The summed E-state index contributed by atoms with van der Waals surface area (Å²) in [5.74, 6) is -1.50. The van der Waals surface area contributed by atoms with Crippen LogP contribution in [0, 0.1) is 5.82 Å². The van der Waals surface area contributed by atoms with Gasteiger partial charge in [-0.05, 0) is 17.7 Å². The highest BCUT2D eigenvalue weighted by Gasteiger charge is 2.19. The Labute approximate surface area is 92.2 Å². The molecular weight excluding hydrogens is 213 g/mol. The van der Waals surface area contributed by atoms with Crippen molar-refractivity contribution in [1.82, 2.24) is 0 Å². The van der Waals surface area contributed by atoms with Gasteiger partial charge in [-0.1, -0.05) is 12.1 Å². The van der Waals surface area contributed by atoms with Crippen molar-refractivity contribution in [3.05, 3.63) is 35.6 Å². The van der Waals surface area contributed by atoms with E-state index in [1.165, 1.54) is 31.4 Å². The van der Waals surface area contributed by atoms with Crippen molar-refractivity contribution >= 4 is 11.8 Å². The second kappa shape index (κ2) is 5.37. The molecule has 0 heterocycles. The summed E-state index contributed by atoms with van der Waals surface area (Å²) in [6, 6.07) is 4.31. The lowest BCUT2D eigenvalue weighted by atomic mass is 10.0. The van der Waals surface area contributed by atoms with Crippen LogP contribution >= 0.6 is 0 Å². The monoisotopic (exact) mass is 225 g/mol. The summed E-state index contributed by atoms with van der Waals surface area (Å²) in [7, 11) is 1.19. The van der Waals surface area contributed by atoms with E-state index in [1.807, 2.05) is 0 Å². The van der Waals surface area contributed by atoms with Crippen LogP contribution in [0.4, 0.5) is 4.39 Å². The molecule has 1 unspecified atom stereocenters. The van der Waals surface area contributed by atoms with E-state index in [4.69, 9.17) is 5.73 Å². The molecule has 0 aliphatic heterocycles. The molecule has 1 aromatic rings. The predicted molar refractivity (Wildman–Crippen MR) is 55.0 cm³/mol. The number of methoxy groups -OCH3 is 1. The number of hydrogen-bond donors (Lipinski definition) is 1. The SMILES string of the molecule is COC(=O)CC(=O)C(N)c1ccc(F)cc1. The fourth-order valence-corrected chi connectivity index (χ4v) is 1.18. The molecule has 16 heavy (non-hydrogen) atoms. The molecule has 0 radical (unpaired) electrons. The van der Waals surface area contributed by atoms with E-state index in [9.17, 15) is 14.0 Å². The van der Waals surface area contributed by atoms with Gasteiger partial charge in [-0.3, -0.25) is 9.59 Å². The minimum Gasteiger partial charge on any atom is -0.469 e. The largest absolute Gasteiger partial charge is 0.469 e. The number of nitrogens with two attached hydrogens (primary N) is 1. The molecule has 4 nitrogen and oxygen atoms in total. The van der Waals surface area contributed by atoms with Gasteiger partial charge >= 0.3 is 5.97 Å². The Morgan fingerprint density at radius 2 is 1.94 bits per heavy atom. The van der Waals surface area contributed by atoms with Crippen LogP contribution in [0.5, 0.6) is 0 Å². The first-order valence-corrected chi connectivity index (χ1v) is 4.65. The molecule has 0 spiro atoms. The van der Waals surface area contributed by atoms with Gasteiger partial charge in [-0.25, -0.2) is 4.39 Å². The lowest BCUT2D eigenvalue weighted by molar-refractivity contribution is -0.143. The van der Waals surface area contributed by atoms with Crippen LogP contribution in [0.25, 0.3) is 0 Å². The topological polar surface area (TPSA) is 69.4 Å². The van der Waals surface area contributed by atoms with Crippen LogP contribution in [-0.2, 0) is 14.3 Å². The molecule has 1 atom stereocenters. The maximum absolute atomic E-state index is 12.6. The quantitative estimate of drug-likeness (QED) is 0.612. The van der Waals surface area contributed by atoms with Gasteiger partial charge in [0.05, 0.1) is 13.2 Å². The first kappa shape index (κ1) is 12.3. The van der Waals surface area contributed by atoms with E-state index in [0.29, 0.717) is 5.56 Å². The molecule has 1 rings (SSSR count). The fraction of sp³-hybridized carbons (Fsp3) is 0.273. The average Bonchev–Trinajstić information content (AvgIpc) is 2.28. The average molecular weight is 225 g/mol. The van der Waals surface area contributed by atoms with Crippen molar-refractivity contribution < 1.29 is 18.7 Å². The molecule has 0 aromatic heterocycles. The number of ketones is 1. The van der Waals surface area contributed by atoms with E-state index >= 15 is 0 Å². The smallest absolute Gasteiger partial charge is 0.313 e. The number of carbonyl (C=O) groups excluding carboxylic acids is 2. The highest BCUT2D eigenvalue weighted by Crippen LogP contribution is 2.13. The summed E-state index contributed by atoms with van der Waals surface area (Å²) in [5, 5.41) is 0. The van der Waals surface area contributed by atoms with Gasteiger partial charge in [-0.2, -0.15) is 0 Å². The molecule has 0 saturated carbocycles. The highest BCUT2D eigenvalue weighted by atomic mass is 19.1. The lowest BCUT2D eigenvalue weighted by Crippen LogP contribution is -2.24. The van der Waals surface area contributed by atoms with Crippen LogP contribution in [0.1, 0.15) is 18.0 Å². The lowest BCUT2D eigenvalue weighted by Gasteiger charge is -2.09. The molecule has 0 aliphatic carbocycles. The molecule has 1 aromatic carbocycles. The van der Waals surface area contributed by atoms with E-state index in [-0.39, 0.29) is 6.42 Å². The van der Waals surface area contributed by atoms with Crippen LogP contribution in [0.15, 0.2) is 24.3 Å². The minimum absolute atomic E-state index is 0.380. The van der Waals surface area contributed by atoms with Crippen LogP contribution in [0.2, 0.25) is 0 Å².